The number of hydrogen-bond donors (Lipinski definition) is 1. The predicted molar refractivity (Wildman–Crippen MR) is 111 cm³/mol. The number of Topliss-reactive ketones (excluding diaryl/α,β-unsaturated/α-hetero) is 1. The third-order valence-corrected chi connectivity index (χ3v) is 5.39. The summed E-state index contributed by atoms with van der Waals surface area (Å²) in [6.45, 7) is 5.40. The molecule has 2 atom stereocenters. The van der Waals surface area contributed by atoms with Crippen molar-refractivity contribution in [2.75, 3.05) is 0 Å². The first-order chi connectivity index (χ1) is 13.3. The van der Waals surface area contributed by atoms with E-state index in [1.165, 1.54) is 16.9 Å². The fourth-order valence-corrected chi connectivity index (χ4v) is 3.53. The Morgan fingerprint density at radius 1 is 1.04 bits per heavy atom. The fourth-order valence-electron chi connectivity index (χ4n) is 2.69. The maximum atomic E-state index is 12.2. The number of thiophene rings is 1. The number of esters is 1. The first kappa shape index (κ1) is 21.8. The second kappa shape index (κ2) is 10.8. The quantitative estimate of drug-likeness (QED) is 0.481. The van der Waals surface area contributed by atoms with Crippen LogP contribution in [0.5, 0.6) is 0 Å². The number of aryl methyl sites for hydroxylation is 2. The smallest absolute Gasteiger partial charge is 0.307 e. The van der Waals surface area contributed by atoms with Crippen LogP contribution in [0.2, 0.25) is 0 Å². The Bertz CT molecular complexity index is 800. The van der Waals surface area contributed by atoms with Gasteiger partial charge in [-0.15, -0.1) is 11.3 Å². The van der Waals surface area contributed by atoms with Gasteiger partial charge in [-0.2, -0.15) is 0 Å². The summed E-state index contributed by atoms with van der Waals surface area (Å²) in [6, 6.07) is 13.7. The van der Waals surface area contributed by atoms with Crippen molar-refractivity contribution in [1.82, 2.24) is 5.32 Å². The van der Waals surface area contributed by atoms with Crippen LogP contribution in [0.4, 0.5) is 0 Å². The van der Waals surface area contributed by atoms with Gasteiger partial charge >= 0.3 is 5.97 Å². The second-order valence-electron chi connectivity index (χ2n) is 6.90. The van der Waals surface area contributed by atoms with E-state index < -0.39 is 12.1 Å². The summed E-state index contributed by atoms with van der Waals surface area (Å²) in [5.41, 5.74) is 1.22. The van der Waals surface area contributed by atoms with E-state index in [1.807, 2.05) is 38.1 Å². The molecule has 150 valence electrons. The minimum Gasteiger partial charge on any atom is -0.453 e. The zero-order valence-corrected chi connectivity index (χ0v) is 17.4. The number of carbonyl (C=O) groups is 3. The molecule has 5 nitrogen and oxygen atoms in total. The number of rotatable bonds is 10. The largest absolute Gasteiger partial charge is 0.453 e. The highest BCUT2D eigenvalue weighted by atomic mass is 32.1. The van der Waals surface area contributed by atoms with Crippen LogP contribution >= 0.6 is 11.3 Å². The van der Waals surface area contributed by atoms with Crippen LogP contribution in [0.1, 0.15) is 53.2 Å². The van der Waals surface area contributed by atoms with E-state index in [2.05, 4.69) is 17.4 Å². The highest BCUT2D eigenvalue weighted by Crippen LogP contribution is 2.17. The number of ether oxygens (including phenoxy) is 1. The summed E-state index contributed by atoms with van der Waals surface area (Å²) in [4.78, 5) is 37.9. The zero-order chi connectivity index (χ0) is 20.5. The van der Waals surface area contributed by atoms with E-state index in [-0.39, 0.29) is 30.6 Å². The van der Waals surface area contributed by atoms with Gasteiger partial charge in [0.2, 0.25) is 0 Å². The molecule has 0 radical (unpaired) electrons. The molecule has 1 aromatic heterocycles. The predicted octanol–water partition coefficient (Wildman–Crippen LogP) is 4.09. The Morgan fingerprint density at radius 3 is 2.39 bits per heavy atom. The van der Waals surface area contributed by atoms with Crippen molar-refractivity contribution < 1.29 is 19.1 Å². The van der Waals surface area contributed by atoms with Crippen LogP contribution in [0.25, 0.3) is 0 Å². The number of amides is 1. The van der Waals surface area contributed by atoms with E-state index in [0.717, 1.165) is 17.7 Å². The molecule has 0 saturated heterocycles. The molecule has 1 heterocycles. The minimum atomic E-state index is -0.884. The summed E-state index contributed by atoms with van der Waals surface area (Å²) >= 11 is 1.41. The maximum Gasteiger partial charge on any atom is 0.307 e. The summed E-state index contributed by atoms with van der Waals surface area (Å²) < 4.78 is 5.17. The van der Waals surface area contributed by atoms with Crippen LogP contribution in [-0.4, -0.2) is 29.8 Å². The van der Waals surface area contributed by atoms with Crippen molar-refractivity contribution in [1.29, 1.82) is 0 Å². The van der Waals surface area contributed by atoms with Gasteiger partial charge < -0.3 is 10.1 Å². The van der Waals surface area contributed by atoms with Crippen LogP contribution in [0.3, 0.4) is 0 Å². The summed E-state index contributed by atoms with van der Waals surface area (Å²) in [7, 11) is 0. The Morgan fingerprint density at radius 2 is 1.75 bits per heavy atom. The van der Waals surface area contributed by atoms with E-state index >= 15 is 0 Å². The molecular weight excluding hydrogens is 374 g/mol. The number of carbonyl (C=O) groups excluding carboxylic acids is 3. The molecule has 0 aliphatic carbocycles. The lowest BCUT2D eigenvalue weighted by Crippen LogP contribution is -2.41. The molecule has 1 N–H and O–H groups in total. The van der Waals surface area contributed by atoms with Gasteiger partial charge in [0.1, 0.15) is 0 Å². The molecule has 0 saturated carbocycles. The highest BCUT2D eigenvalue weighted by molar-refractivity contribution is 7.14. The van der Waals surface area contributed by atoms with Crippen molar-refractivity contribution in [3.05, 3.63) is 57.8 Å². The topological polar surface area (TPSA) is 72.5 Å². The van der Waals surface area contributed by atoms with Gasteiger partial charge in [-0.1, -0.05) is 30.3 Å². The third kappa shape index (κ3) is 7.27. The van der Waals surface area contributed by atoms with Crippen LogP contribution < -0.4 is 5.32 Å². The lowest BCUT2D eigenvalue weighted by atomic mass is 10.1. The lowest BCUT2D eigenvalue weighted by Gasteiger charge is -2.18. The standard InChI is InChI=1S/C22H27NO4S/c1-15(9-11-18-7-5-4-6-8-18)23-22(26)17(3)27-21(25)14-12-19(24)20-13-10-16(2)28-20/h4-8,10,13,15,17H,9,11-12,14H2,1-3H3,(H,23,26)/t15-,17+/m0/s1. The first-order valence-corrected chi connectivity index (χ1v) is 10.3. The van der Waals surface area contributed by atoms with Crippen molar-refractivity contribution in [3.63, 3.8) is 0 Å². The zero-order valence-electron chi connectivity index (χ0n) is 16.6. The molecule has 6 heteroatoms. The monoisotopic (exact) mass is 401 g/mol. The first-order valence-electron chi connectivity index (χ1n) is 9.48. The minimum absolute atomic E-state index is 0.0301. The maximum absolute atomic E-state index is 12.2. The average molecular weight is 402 g/mol. The van der Waals surface area contributed by atoms with Gasteiger partial charge in [-0.25, -0.2) is 0 Å². The number of ketones is 1. The van der Waals surface area contributed by atoms with Gasteiger partial charge in [0.05, 0.1) is 11.3 Å². The average Bonchev–Trinajstić information content (AvgIpc) is 3.11. The van der Waals surface area contributed by atoms with Gasteiger partial charge in [-0.05, 0) is 51.3 Å². The number of benzene rings is 1. The fraction of sp³-hybridized carbons (Fsp3) is 0.409. The molecule has 0 bridgehead atoms. The van der Waals surface area contributed by atoms with E-state index in [4.69, 9.17) is 4.74 Å². The Labute approximate surface area is 170 Å². The number of nitrogens with one attached hydrogen (secondary N) is 1. The van der Waals surface area contributed by atoms with Crippen molar-refractivity contribution >= 4 is 29.0 Å². The SMILES string of the molecule is Cc1ccc(C(=O)CCC(=O)O[C@H](C)C(=O)N[C@@H](C)CCc2ccccc2)s1. The van der Waals surface area contributed by atoms with E-state index in [1.54, 1.807) is 13.0 Å². The molecular formula is C22H27NO4S. The molecule has 0 unspecified atom stereocenters. The summed E-state index contributed by atoms with van der Waals surface area (Å²) in [5.74, 6) is -0.947. The molecule has 1 aromatic carbocycles. The summed E-state index contributed by atoms with van der Waals surface area (Å²) in [6.07, 6.45) is 0.828. The Balaban J connectivity index is 1.68. The van der Waals surface area contributed by atoms with E-state index in [0.29, 0.717) is 4.88 Å². The van der Waals surface area contributed by atoms with Gasteiger partial charge in [-0.3, -0.25) is 14.4 Å². The Hall–Kier alpha value is -2.47. The molecule has 0 aliphatic heterocycles. The van der Waals surface area contributed by atoms with Gasteiger partial charge in [0, 0.05) is 17.3 Å². The van der Waals surface area contributed by atoms with Crippen LogP contribution in [-0.2, 0) is 20.7 Å². The molecule has 2 rings (SSSR count). The molecule has 0 fully saturated rings. The highest BCUT2D eigenvalue weighted by Gasteiger charge is 2.20. The van der Waals surface area contributed by atoms with Crippen molar-refractivity contribution in [2.45, 2.75) is 58.6 Å². The third-order valence-electron chi connectivity index (χ3n) is 4.35. The van der Waals surface area contributed by atoms with Crippen molar-refractivity contribution in [3.8, 4) is 0 Å². The molecule has 0 spiro atoms. The van der Waals surface area contributed by atoms with Crippen molar-refractivity contribution in [2.24, 2.45) is 0 Å². The van der Waals surface area contributed by atoms with Gasteiger partial charge in [0.25, 0.3) is 5.91 Å². The lowest BCUT2D eigenvalue weighted by molar-refractivity contribution is -0.155. The second-order valence-corrected chi connectivity index (χ2v) is 8.19. The summed E-state index contributed by atoms with van der Waals surface area (Å²) in [5, 5.41) is 2.87. The number of hydrogen-bond acceptors (Lipinski definition) is 5. The normalized spacial score (nSPS) is 12.8. The molecule has 0 aliphatic rings. The molecule has 2 aromatic rings. The molecule has 28 heavy (non-hydrogen) atoms. The molecule has 1 amide bonds. The van der Waals surface area contributed by atoms with E-state index in [9.17, 15) is 14.4 Å². The van der Waals surface area contributed by atoms with Crippen LogP contribution in [0.15, 0.2) is 42.5 Å². The Kier molecular flexibility index (Phi) is 8.39. The van der Waals surface area contributed by atoms with Gasteiger partial charge in [0.15, 0.2) is 11.9 Å². The van der Waals surface area contributed by atoms with Crippen LogP contribution in [0, 0.1) is 6.92 Å².